The largest absolute Gasteiger partial charge is 0.381 e. The van der Waals surface area contributed by atoms with Gasteiger partial charge in [-0.1, -0.05) is 6.08 Å². The molecule has 2 nitrogen and oxygen atoms in total. The number of nitrogens with two attached hydrogens (primary N) is 1. The van der Waals surface area contributed by atoms with Crippen LogP contribution < -0.4 is 5.73 Å². The summed E-state index contributed by atoms with van der Waals surface area (Å²) in [5, 5.41) is 0. The van der Waals surface area contributed by atoms with E-state index in [1.165, 1.54) is 0 Å². The Kier molecular flexibility index (Phi) is 8.37. The topological polar surface area (TPSA) is 35.2 Å². The molecule has 0 bridgehead atoms. The smallest absolute Gasteiger partial charge is 0.0478 e. The zero-order valence-electron chi connectivity index (χ0n) is 6.51. The highest BCUT2D eigenvalue weighted by Gasteiger charge is 1.85. The highest BCUT2D eigenvalue weighted by Crippen LogP contribution is 1.90. The molecule has 0 radical (unpaired) electrons. The molecule has 0 aromatic heterocycles. The zero-order chi connectivity index (χ0) is 7.66. The Morgan fingerprint density at radius 3 is 2.60 bits per heavy atom. The second kappa shape index (κ2) is 8.66. The third-order valence-electron chi connectivity index (χ3n) is 1.19. The molecule has 0 saturated carbocycles. The van der Waals surface area contributed by atoms with Crippen molar-refractivity contribution in [2.45, 2.75) is 19.3 Å². The van der Waals surface area contributed by atoms with Gasteiger partial charge in [0.2, 0.25) is 0 Å². The van der Waals surface area contributed by atoms with Crippen LogP contribution in [0.4, 0.5) is 0 Å². The van der Waals surface area contributed by atoms with E-state index in [1.54, 1.807) is 0 Å². The summed E-state index contributed by atoms with van der Waals surface area (Å²) in [6.07, 6.45) is 5.00. The predicted octanol–water partition coefficient (Wildman–Crippen LogP) is 1.32. The van der Waals surface area contributed by atoms with Crippen LogP contribution in [-0.2, 0) is 4.74 Å². The molecule has 0 heterocycles. The van der Waals surface area contributed by atoms with Crippen molar-refractivity contribution in [3.8, 4) is 0 Å². The van der Waals surface area contributed by atoms with Gasteiger partial charge in [0.1, 0.15) is 0 Å². The molecule has 2 heteroatoms. The molecular formula is C8H17NO. The number of allylic oxidation sites excluding steroid dienone is 1. The predicted molar refractivity (Wildman–Crippen MR) is 43.9 cm³/mol. The number of hydrogen-bond acceptors (Lipinski definition) is 2. The van der Waals surface area contributed by atoms with Crippen LogP contribution in [0.1, 0.15) is 19.3 Å². The van der Waals surface area contributed by atoms with Crippen LogP contribution in [0.15, 0.2) is 12.7 Å². The molecule has 10 heavy (non-hydrogen) atoms. The van der Waals surface area contributed by atoms with Crippen molar-refractivity contribution in [2.75, 3.05) is 19.8 Å². The van der Waals surface area contributed by atoms with Gasteiger partial charge in [0, 0.05) is 13.2 Å². The lowest BCUT2D eigenvalue weighted by atomic mass is 10.3. The molecule has 0 atom stereocenters. The lowest BCUT2D eigenvalue weighted by Crippen LogP contribution is -2.04. The third-order valence-corrected chi connectivity index (χ3v) is 1.19. The summed E-state index contributed by atoms with van der Waals surface area (Å²) in [7, 11) is 0. The molecule has 0 unspecified atom stereocenters. The highest BCUT2D eigenvalue weighted by atomic mass is 16.5. The van der Waals surface area contributed by atoms with E-state index >= 15 is 0 Å². The molecule has 0 aromatic carbocycles. The van der Waals surface area contributed by atoms with Gasteiger partial charge in [-0.05, 0) is 25.8 Å². The molecule has 0 amide bonds. The van der Waals surface area contributed by atoms with Gasteiger partial charge in [0.25, 0.3) is 0 Å². The normalized spacial score (nSPS) is 9.70. The Balaban J connectivity index is 2.70. The van der Waals surface area contributed by atoms with E-state index in [-0.39, 0.29) is 0 Å². The van der Waals surface area contributed by atoms with E-state index in [0.29, 0.717) is 0 Å². The first-order chi connectivity index (χ1) is 4.91. The maximum atomic E-state index is 5.27. The fourth-order valence-electron chi connectivity index (χ4n) is 0.617. The van der Waals surface area contributed by atoms with E-state index in [1.807, 2.05) is 6.08 Å². The molecule has 0 aromatic rings. The number of unbranched alkanes of at least 4 members (excludes halogenated alkanes) is 1. The summed E-state index contributed by atoms with van der Waals surface area (Å²) in [6, 6.07) is 0. The van der Waals surface area contributed by atoms with Crippen molar-refractivity contribution >= 4 is 0 Å². The summed E-state index contributed by atoms with van der Waals surface area (Å²) in [5.41, 5.74) is 5.27. The zero-order valence-corrected chi connectivity index (χ0v) is 6.51. The van der Waals surface area contributed by atoms with E-state index in [9.17, 15) is 0 Å². The summed E-state index contributed by atoms with van der Waals surface area (Å²) in [4.78, 5) is 0. The van der Waals surface area contributed by atoms with E-state index in [4.69, 9.17) is 10.5 Å². The van der Waals surface area contributed by atoms with E-state index in [2.05, 4.69) is 6.58 Å². The average Bonchev–Trinajstić information content (AvgIpc) is 1.97. The Bertz CT molecular complexity index is 73.7. The average molecular weight is 143 g/mol. The maximum absolute atomic E-state index is 5.27. The van der Waals surface area contributed by atoms with Crippen LogP contribution in [-0.4, -0.2) is 19.8 Å². The molecule has 0 aliphatic heterocycles. The molecule has 0 spiro atoms. The summed E-state index contributed by atoms with van der Waals surface area (Å²) in [6.45, 7) is 5.98. The molecule has 2 N–H and O–H groups in total. The number of hydrogen-bond donors (Lipinski definition) is 1. The fraction of sp³-hybridized carbons (Fsp3) is 0.750. The molecule has 0 aliphatic carbocycles. The maximum Gasteiger partial charge on any atom is 0.0478 e. The van der Waals surface area contributed by atoms with Crippen LogP contribution in [0.5, 0.6) is 0 Å². The SMILES string of the molecule is C=CCCCOCCCN. The van der Waals surface area contributed by atoms with Crippen LogP contribution in [0, 0.1) is 0 Å². The molecule has 0 aliphatic rings. The highest BCUT2D eigenvalue weighted by molar-refractivity contribution is 4.64. The van der Waals surface area contributed by atoms with Crippen molar-refractivity contribution in [1.82, 2.24) is 0 Å². The van der Waals surface area contributed by atoms with Crippen LogP contribution in [0.2, 0.25) is 0 Å². The minimum absolute atomic E-state index is 0.724. The number of ether oxygens (including phenoxy) is 1. The lowest BCUT2D eigenvalue weighted by molar-refractivity contribution is 0.131. The second-order valence-electron chi connectivity index (χ2n) is 2.19. The van der Waals surface area contributed by atoms with Gasteiger partial charge in [-0.2, -0.15) is 0 Å². The van der Waals surface area contributed by atoms with Gasteiger partial charge in [0.15, 0.2) is 0 Å². The summed E-state index contributed by atoms with van der Waals surface area (Å²) >= 11 is 0. The van der Waals surface area contributed by atoms with Crippen molar-refractivity contribution in [3.05, 3.63) is 12.7 Å². The van der Waals surface area contributed by atoms with Gasteiger partial charge in [-0.15, -0.1) is 6.58 Å². The molecule has 60 valence electrons. The van der Waals surface area contributed by atoms with Crippen LogP contribution >= 0.6 is 0 Å². The van der Waals surface area contributed by atoms with Gasteiger partial charge in [-0.25, -0.2) is 0 Å². The Morgan fingerprint density at radius 2 is 2.00 bits per heavy atom. The van der Waals surface area contributed by atoms with Crippen molar-refractivity contribution in [3.63, 3.8) is 0 Å². The van der Waals surface area contributed by atoms with Crippen molar-refractivity contribution < 1.29 is 4.74 Å². The summed E-state index contributed by atoms with van der Waals surface area (Å²) < 4.78 is 5.25. The Morgan fingerprint density at radius 1 is 1.30 bits per heavy atom. The molecule has 0 fully saturated rings. The second-order valence-corrected chi connectivity index (χ2v) is 2.19. The quantitative estimate of drug-likeness (QED) is 0.431. The summed E-state index contributed by atoms with van der Waals surface area (Å²) in [5.74, 6) is 0. The van der Waals surface area contributed by atoms with E-state index < -0.39 is 0 Å². The molecule has 0 saturated heterocycles. The van der Waals surface area contributed by atoms with Gasteiger partial charge < -0.3 is 10.5 Å². The third kappa shape index (κ3) is 7.66. The molecular weight excluding hydrogens is 126 g/mol. The first kappa shape index (κ1) is 9.66. The lowest BCUT2D eigenvalue weighted by Gasteiger charge is -1.99. The van der Waals surface area contributed by atoms with Gasteiger partial charge >= 0.3 is 0 Å². The Hall–Kier alpha value is -0.340. The van der Waals surface area contributed by atoms with Crippen molar-refractivity contribution in [1.29, 1.82) is 0 Å². The standard InChI is InChI=1S/C8H17NO/c1-2-3-4-7-10-8-5-6-9/h2H,1,3-9H2. The van der Waals surface area contributed by atoms with Crippen molar-refractivity contribution in [2.24, 2.45) is 5.73 Å². The van der Waals surface area contributed by atoms with Gasteiger partial charge in [-0.3, -0.25) is 0 Å². The fourth-order valence-corrected chi connectivity index (χ4v) is 0.617. The number of rotatable bonds is 7. The minimum Gasteiger partial charge on any atom is -0.381 e. The van der Waals surface area contributed by atoms with Crippen LogP contribution in [0.3, 0.4) is 0 Å². The monoisotopic (exact) mass is 143 g/mol. The van der Waals surface area contributed by atoms with Crippen LogP contribution in [0.25, 0.3) is 0 Å². The van der Waals surface area contributed by atoms with Gasteiger partial charge in [0.05, 0.1) is 0 Å². The molecule has 0 rings (SSSR count). The Labute approximate surface area is 63.1 Å². The van der Waals surface area contributed by atoms with E-state index in [0.717, 1.165) is 39.0 Å². The first-order valence-corrected chi connectivity index (χ1v) is 3.80. The minimum atomic E-state index is 0.724. The first-order valence-electron chi connectivity index (χ1n) is 3.80.